The molecule has 0 saturated carbocycles. The van der Waals surface area contributed by atoms with Gasteiger partial charge in [-0.3, -0.25) is 9.59 Å². The van der Waals surface area contributed by atoms with Gasteiger partial charge in [-0.1, -0.05) is 13.3 Å². The van der Waals surface area contributed by atoms with Gasteiger partial charge in [0.1, 0.15) is 6.54 Å². The first-order chi connectivity index (χ1) is 10.1. The van der Waals surface area contributed by atoms with E-state index < -0.39 is 0 Å². The van der Waals surface area contributed by atoms with Crippen molar-refractivity contribution >= 4 is 11.9 Å². The van der Waals surface area contributed by atoms with Gasteiger partial charge in [0.2, 0.25) is 5.91 Å². The average molecular weight is 300 g/mol. The molecule has 0 spiro atoms. The quantitative estimate of drug-likeness (QED) is 0.672. The lowest BCUT2D eigenvalue weighted by molar-refractivity contribution is -0.150. The van der Waals surface area contributed by atoms with Crippen LogP contribution < -0.4 is 5.32 Å². The Hall–Kier alpha value is -1.14. The summed E-state index contributed by atoms with van der Waals surface area (Å²) in [4.78, 5) is 25.8. The Morgan fingerprint density at radius 1 is 1.33 bits per heavy atom. The van der Waals surface area contributed by atoms with Crippen molar-refractivity contribution in [3.63, 3.8) is 0 Å². The van der Waals surface area contributed by atoms with Gasteiger partial charge in [0.15, 0.2) is 0 Å². The summed E-state index contributed by atoms with van der Waals surface area (Å²) in [6.45, 7) is 5.90. The lowest BCUT2D eigenvalue weighted by Crippen LogP contribution is -2.52. The molecule has 0 aromatic heterocycles. The second-order valence-corrected chi connectivity index (χ2v) is 5.36. The second kappa shape index (κ2) is 9.73. The Morgan fingerprint density at radius 3 is 2.71 bits per heavy atom. The number of nitrogens with zero attached hydrogens (tertiary/aromatic N) is 1. The van der Waals surface area contributed by atoms with Gasteiger partial charge in [-0.05, 0) is 32.2 Å². The molecule has 0 aromatic rings. The van der Waals surface area contributed by atoms with Crippen LogP contribution in [0, 0.1) is 5.92 Å². The van der Waals surface area contributed by atoms with Gasteiger partial charge in [-0.25, -0.2) is 0 Å². The van der Waals surface area contributed by atoms with E-state index >= 15 is 0 Å². The van der Waals surface area contributed by atoms with E-state index in [0.29, 0.717) is 25.7 Å². The molecule has 1 aliphatic heterocycles. The predicted molar refractivity (Wildman–Crippen MR) is 79.9 cm³/mol. The van der Waals surface area contributed by atoms with E-state index in [-0.39, 0.29) is 24.5 Å². The maximum Gasteiger partial charge on any atom is 0.325 e. The number of hydrogen-bond donors (Lipinski definition) is 1. The minimum absolute atomic E-state index is 0.00892. The number of nitrogens with one attached hydrogen (secondary N) is 1. The first kappa shape index (κ1) is 17.9. The number of rotatable bonds is 8. The van der Waals surface area contributed by atoms with E-state index in [1.807, 2.05) is 0 Å². The van der Waals surface area contributed by atoms with E-state index in [2.05, 4.69) is 12.2 Å². The zero-order valence-electron chi connectivity index (χ0n) is 13.4. The van der Waals surface area contributed by atoms with Crippen LogP contribution in [0.5, 0.6) is 0 Å². The van der Waals surface area contributed by atoms with Crippen molar-refractivity contribution in [2.45, 2.75) is 39.2 Å². The Balaban J connectivity index is 2.62. The summed E-state index contributed by atoms with van der Waals surface area (Å²) >= 11 is 0. The molecule has 1 rings (SSSR count). The highest BCUT2D eigenvalue weighted by Crippen LogP contribution is 2.20. The fraction of sp³-hybridized carbons (Fsp3) is 0.867. The molecule has 0 radical (unpaired) electrons. The Bertz CT molecular complexity index is 336. The third kappa shape index (κ3) is 6.01. The highest BCUT2D eigenvalue weighted by Gasteiger charge is 2.30. The van der Waals surface area contributed by atoms with Crippen molar-refractivity contribution in [2.75, 3.05) is 40.0 Å². The largest absolute Gasteiger partial charge is 0.465 e. The summed E-state index contributed by atoms with van der Waals surface area (Å²) in [7, 11) is 1.58. The molecule has 6 heteroatoms. The Kier molecular flexibility index (Phi) is 8.30. The number of hydrogen-bond acceptors (Lipinski definition) is 5. The molecule has 0 aliphatic carbocycles. The van der Waals surface area contributed by atoms with Crippen LogP contribution in [0.1, 0.15) is 33.1 Å². The molecular formula is C15H28N2O4. The highest BCUT2D eigenvalue weighted by atomic mass is 16.5. The van der Waals surface area contributed by atoms with Gasteiger partial charge < -0.3 is 19.7 Å². The average Bonchev–Trinajstić information content (AvgIpc) is 2.51. The van der Waals surface area contributed by atoms with Crippen molar-refractivity contribution in [1.82, 2.24) is 10.2 Å². The van der Waals surface area contributed by atoms with Gasteiger partial charge in [0.25, 0.3) is 0 Å². The van der Waals surface area contributed by atoms with Gasteiger partial charge in [0.05, 0.1) is 19.3 Å². The van der Waals surface area contributed by atoms with Crippen LogP contribution in [-0.4, -0.2) is 62.8 Å². The molecule has 1 saturated heterocycles. The minimum atomic E-state index is -0.371. The van der Waals surface area contributed by atoms with Gasteiger partial charge in [-0.15, -0.1) is 0 Å². The zero-order valence-corrected chi connectivity index (χ0v) is 13.4. The number of piperidine rings is 1. The van der Waals surface area contributed by atoms with Crippen LogP contribution in [0.3, 0.4) is 0 Å². The predicted octanol–water partition coefficient (Wildman–Crippen LogP) is 0.803. The number of carbonyl (C=O) groups excluding carboxylic acids is 2. The third-order valence-corrected chi connectivity index (χ3v) is 3.89. The van der Waals surface area contributed by atoms with Crippen LogP contribution in [-0.2, 0) is 19.1 Å². The summed E-state index contributed by atoms with van der Waals surface area (Å²) in [5.74, 6) is 0.176. The molecule has 21 heavy (non-hydrogen) atoms. The fourth-order valence-corrected chi connectivity index (χ4v) is 2.61. The number of methoxy groups -OCH3 is 1. The first-order valence-electron chi connectivity index (χ1n) is 7.79. The van der Waals surface area contributed by atoms with Crippen LogP contribution in [0.15, 0.2) is 0 Å². The highest BCUT2D eigenvalue weighted by molar-refractivity contribution is 5.86. The maximum absolute atomic E-state index is 12.6. The van der Waals surface area contributed by atoms with Crippen LogP contribution in [0.25, 0.3) is 0 Å². The second-order valence-electron chi connectivity index (χ2n) is 5.36. The molecule has 1 amide bonds. The van der Waals surface area contributed by atoms with E-state index in [9.17, 15) is 9.59 Å². The van der Waals surface area contributed by atoms with Gasteiger partial charge in [0, 0.05) is 13.7 Å². The Labute approximate surface area is 127 Å². The first-order valence-corrected chi connectivity index (χ1v) is 7.79. The molecule has 122 valence electrons. The molecule has 0 aromatic carbocycles. The summed E-state index contributed by atoms with van der Waals surface area (Å²) in [6, 6.07) is -0.199. The fourth-order valence-electron chi connectivity index (χ4n) is 2.61. The molecule has 1 heterocycles. The molecule has 1 aliphatic rings. The van der Waals surface area contributed by atoms with Gasteiger partial charge >= 0.3 is 5.97 Å². The van der Waals surface area contributed by atoms with Crippen molar-refractivity contribution in [1.29, 1.82) is 0 Å². The summed E-state index contributed by atoms with van der Waals surface area (Å²) in [5.41, 5.74) is 0. The van der Waals surface area contributed by atoms with Crippen molar-refractivity contribution in [3.05, 3.63) is 0 Å². The molecule has 1 fully saturated rings. The zero-order chi connectivity index (χ0) is 15.7. The summed E-state index contributed by atoms with van der Waals surface area (Å²) in [5, 5.41) is 3.26. The molecular weight excluding hydrogens is 272 g/mol. The molecule has 6 nitrogen and oxygen atoms in total. The number of carbonyl (C=O) groups is 2. The topological polar surface area (TPSA) is 67.9 Å². The molecule has 1 N–H and O–H groups in total. The van der Waals surface area contributed by atoms with E-state index in [1.165, 1.54) is 4.90 Å². The third-order valence-electron chi connectivity index (χ3n) is 3.89. The van der Waals surface area contributed by atoms with Crippen LogP contribution >= 0.6 is 0 Å². The molecule has 0 bridgehead atoms. The molecule has 2 unspecified atom stereocenters. The number of ether oxygens (including phenoxy) is 2. The lowest BCUT2D eigenvalue weighted by atomic mass is 9.90. The van der Waals surface area contributed by atoms with Gasteiger partial charge in [-0.2, -0.15) is 0 Å². The summed E-state index contributed by atoms with van der Waals surface area (Å²) < 4.78 is 9.97. The minimum Gasteiger partial charge on any atom is -0.465 e. The van der Waals surface area contributed by atoms with Crippen LogP contribution in [0.4, 0.5) is 0 Å². The maximum atomic E-state index is 12.6. The van der Waals surface area contributed by atoms with E-state index in [0.717, 1.165) is 25.8 Å². The summed E-state index contributed by atoms with van der Waals surface area (Å²) in [6.07, 6.45) is 3.03. The standard InChI is InChI=1S/C15H28N2O4/c1-4-12-6-7-16-13(10-12)15(19)17(8-9-20-3)11-14(18)21-5-2/h12-13,16H,4-11H2,1-3H3. The monoisotopic (exact) mass is 300 g/mol. The van der Waals surface area contributed by atoms with Crippen molar-refractivity contribution in [3.8, 4) is 0 Å². The smallest absolute Gasteiger partial charge is 0.325 e. The number of amides is 1. The lowest BCUT2D eigenvalue weighted by Gasteiger charge is -2.32. The van der Waals surface area contributed by atoms with E-state index in [1.54, 1.807) is 14.0 Å². The van der Waals surface area contributed by atoms with Crippen molar-refractivity contribution < 1.29 is 19.1 Å². The van der Waals surface area contributed by atoms with E-state index in [4.69, 9.17) is 9.47 Å². The SMILES string of the molecule is CCOC(=O)CN(CCOC)C(=O)C1CC(CC)CCN1. The normalized spacial score (nSPS) is 21.9. The van der Waals surface area contributed by atoms with Crippen LogP contribution in [0.2, 0.25) is 0 Å². The number of esters is 1. The van der Waals surface area contributed by atoms with Crippen molar-refractivity contribution in [2.24, 2.45) is 5.92 Å². The molecule has 2 atom stereocenters. The Morgan fingerprint density at radius 2 is 2.10 bits per heavy atom.